The molecule has 1 saturated carbocycles. The fraction of sp³-hybridized carbons (Fsp3) is 0.562. The van der Waals surface area contributed by atoms with E-state index in [0.29, 0.717) is 18.2 Å². The van der Waals surface area contributed by atoms with Gasteiger partial charge in [-0.05, 0) is 31.0 Å². The van der Waals surface area contributed by atoms with Gasteiger partial charge >= 0.3 is 0 Å². The van der Waals surface area contributed by atoms with Crippen LogP contribution in [0.2, 0.25) is 0 Å². The zero-order chi connectivity index (χ0) is 14.4. The third-order valence-electron chi connectivity index (χ3n) is 4.04. The van der Waals surface area contributed by atoms with Crippen LogP contribution in [-0.4, -0.2) is 42.6 Å². The summed E-state index contributed by atoms with van der Waals surface area (Å²) in [5.74, 6) is 0.802. The summed E-state index contributed by atoms with van der Waals surface area (Å²) in [6, 6.07) is 6.02. The Bertz CT molecular complexity index is 441. The Morgan fingerprint density at radius 2 is 2.15 bits per heavy atom. The van der Waals surface area contributed by atoms with Crippen LogP contribution >= 0.6 is 0 Å². The molecule has 1 fully saturated rings. The maximum absolute atomic E-state index is 10.9. The second-order valence-electron chi connectivity index (χ2n) is 5.32. The van der Waals surface area contributed by atoms with Crippen molar-refractivity contribution < 1.29 is 14.6 Å². The molecule has 20 heavy (non-hydrogen) atoms. The molecule has 4 heteroatoms. The number of benzene rings is 1. The molecule has 0 saturated heterocycles. The van der Waals surface area contributed by atoms with E-state index < -0.39 is 0 Å². The van der Waals surface area contributed by atoms with Crippen molar-refractivity contribution in [2.45, 2.75) is 38.3 Å². The van der Waals surface area contributed by atoms with Crippen molar-refractivity contribution in [3.05, 3.63) is 29.3 Å². The van der Waals surface area contributed by atoms with E-state index in [0.717, 1.165) is 24.1 Å². The van der Waals surface area contributed by atoms with E-state index in [1.54, 1.807) is 13.2 Å². The van der Waals surface area contributed by atoms with Gasteiger partial charge in [-0.15, -0.1) is 0 Å². The first-order valence-corrected chi connectivity index (χ1v) is 7.25. The van der Waals surface area contributed by atoms with E-state index in [1.165, 1.54) is 25.7 Å². The van der Waals surface area contributed by atoms with E-state index in [-0.39, 0.29) is 6.61 Å². The third kappa shape index (κ3) is 3.58. The molecule has 2 rings (SSSR count). The standard InChI is InChI=1S/C16H23NO3/c1-20-16-7-6-13(12-19)10-14(16)11-17(8-9-18)15-4-2-3-5-15/h6-7,10,12,15,18H,2-5,8-9,11H2,1H3. The SMILES string of the molecule is COc1ccc(C=O)cc1CN(CCO)C1CCCC1. The predicted octanol–water partition coefficient (Wildman–Crippen LogP) is 2.24. The first-order valence-electron chi connectivity index (χ1n) is 7.25. The van der Waals surface area contributed by atoms with Gasteiger partial charge in [0.25, 0.3) is 0 Å². The molecule has 0 amide bonds. The van der Waals surface area contributed by atoms with Gasteiger partial charge in [-0.2, -0.15) is 0 Å². The highest BCUT2D eigenvalue weighted by Gasteiger charge is 2.23. The minimum absolute atomic E-state index is 0.159. The molecule has 0 radical (unpaired) electrons. The van der Waals surface area contributed by atoms with Gasteiger partial charge < -0.3 is 9.84 Å². The van der Waals surface area contributed by atoms with Gasteiger partial charge in [0.1, 0.15) is 12.0 Å². The second kappa shape index (κ2) is 7.41. The smallest absolute Gasteiger partial charge is 0.150 e. The lowest BCUT2D eigenvalue weighted by atomic mass is 10.1. The lowest BCUT2D eigenvalue weighted by Crippen LogP contribution is -2.35. The molecule has 0 spiro atoms. The number of carbonyl (C=O) groups excluding carboxylic acids is 1. The molecule has 110 valence electrons. The van der Waals surface area contributed by atoms with Crippen LogP contribution in [0.25, 0.3) is 0 Å². The lowest BCUT2D eigenvalue weighted by Gasteiger charge is -2.28. The molecule has 0 aliphatic heterocycles. The maximum atomic E-state index is 10.9. The summed E-state index contributed by atoms with van der Waals surface area (Å²) in [7, 11) is 1.64. The van der Waals surface area contributed by atoms with Crippen molar-refractivity contribution in [3.8, 4) is 5.75 Å². The second-order valence-corrected chi connectivity index (χ2v) is 5.32. The van der Waals surface area contributed by atoms with E-state index in [4.69, 9.17) is 4.74 Å². The maximum Gasteiger partial charge on any atom is 0.150 e. The number of rotatable bonds is 7. The lowest BCUT2D eigenvalue weighted by molar-refractivity contribution is 0.112. The van der Waals surface area contributed by atoms with E-state index in [1.807, 2.05) is 12.1 Å². The van der Waals surface area contributed by atoms with E-state index >= 15 is 0 Å². The monoisotopic (exact) mass is 277 g/mol. The number of ether oxygens (including phenoxy) is 1. The van der Waals surface area contributed by atoms with Gasteiger partial charge in [-0.3, -0.25) is 9.69 Å². The van der Waals surface area contributed by atoms with Crippen LogP contribution in [0.5, 0.6) is 5.75 Å². The van der Waals surface area contributed by atoms with Crippen molar-refractivity contribution in [2.24, 2.45) is 0 Å². The zero-order valence-electron chi connectivity index (χ0n) is 12.0. The fourth-order valence-electron chi connectivity index (χ4n) is 3.00. The van der Waals surface area contributed by atoms with Gasteiger partial charge in [-0.1, -0.05) is 12.8 Å². The highest BCUT2D eigenvalue weighted by atomic mass is 16.5. The molecule has 0 aromatic heterocycles. The third-order valence-corrected chi connectivity index (χ3v) is 4.04. The highest BCUT2D eigenvalue weighted by Crippen LogP contribution is 2.27. The number of carbonyl (C=O) groups is 1. The molecule has 1 aliphatic carbocycles. The summed E-state index contributed by atoms with van der Waals surface area (Å²) in [5.41, 5.74) is 1.67. The number of aldehydes is 1. The van der Waals surface area contributed by atoms with Crippen molar-refractivity contribution in [1.29, 1.82) is 0 Å². The molecule has 1 aliphatic rings. The van der Waals surface area contributed by atoms with Crippen LogP contribution in [0.4, 0.5) is 0 Å². The van der Waals surface area contributed by atoms with Crippen molar-refractivity contribution in [1.82, 2.24) is 4.90 Å². The van der Waals surface area contributed by atoms with Crippen molar-refractivity contribution in [2.75, 3.05) is 20.3 Å². The molecular weight excluding hydrogens is 254 g/mol. The number of hydrogen-bond acceptors (Lipinski definition) is 4. The van der Waals surface area contributed by atoms with E-state index in [2.05, 4.69) is 4.90 Å². The van der Waals surface area contributed by atoms with Crippen LogP contribution in [0.1, 0.15) is 41.6 Å². The minimum Gasteiger partial charge on any atom is -0.496 e. The summed E-state index contributed by atoms with van der Waals surface area (Å²) >= 11 is 0. The number of methoxy groups -OCH3 is 1. The Kier molecular flexibility index (Phi) is 5.56. The Balaban J connectivity index is 2.17. The molecule has 1 aromatic carbocycles. The molecule has 0 bridgehead atoms. The average molecular weight is 277 g/mol. The summed E-state index contributed by atoms with van der Waals surface area (Å²) in [5, 5.41) is 9.27. The van der Waals surface area contributed by atoms with Gasteiger partial charge in [0.05, 0.1) is 13.7 Å². The fourth-order valence-corrected chi connectivity index (χ4v) is 3.00. The van der Waals surface area contributed by atoms with Crippen LogP contribution < -0.4 is 4.74 Å². The molecule has 0 atom stereocenters. The average Bonchev–Trinajstić information content (AvgIpc) is 3.00. The molecule has 1 aromatic rings. The largest absolute Gasteiger partial charge is 0.496 e. The molecule has 4 nitrogen and oxygen atoms in total. The van der Waals surface area contributed by atoms with Gasteiger partial charge in [0.15, 0.2) is 0 Å². The molecule has 0 heterocycles. The topological polar surface area (TPSA) is 49.8 Å². The number of nitrogens with zero attached hydrogens (tertiary/aromatic N) is 1. The number of hydrogen-bond donors (Lipinski definition) is 1. The summed E-state index contributed by atoms with van der Waals surface area (Å²) < 4.78 is 5.38. The van der Waals surface area contributed by atoms with Crippen LogP contribution in [0, 0.1) is 0 Å². The van der Waals surface area contributed by atoms with Crippen LogP contribution in [0.3, 0.4) is 0 Å². The summed E-state index contributed by atoms with van der Waals surface area (Å²) in [6.45, 7) is 1.54. The Labute approximate surface area is 120 Å². The Hall–Kier alpha value is -1.39. The zero-order valence-corrected chi connectivity index (χ0v) is 12.0. The van der Waals surface area contributed by atoms with Crippen molar-refractivity contribution in [3.63, 3.8) is 0 Å². The molecule has 1 N–H and O–H groups in total. The van der Waals surface area contributed by atoms with E-state index in [9.17, 15) is 9.90 Å². The summed E-state index contributed by atoms with van der Waals surface area (Å²) in [6.07, 6.45) is 5.76. The highest BCUT2D eigenvalue weighted by molar-refractivity contribution is 5.75. The quantitative estimate of drug-likeness (QED) is 0.777. The predicted molar refractivity (Wildman–Crippen MR) is 78.1 cm³/mol. The minimum atomic E-state index is 0.159. The Morgan fingerprint density at radius 1 is 1.40 bits per heavy atom. The van der Waals surface area contributed by atoms with Crippen molar-refractivity contribution >= 4 is 6.29 Å². The first-order chi connectivity index (χ1) is 9.78. The summed E-state index contributed by atoms with van der Waals surface area (Å²) in [4.78, 5) is 13.2. The first kappa shape index (κ1) is 15.0. The van der Waals surface area contributed by atoms with Gasteiger partial charge in [0.2, 0.25) is 0 Å². The molecular formula is C16H23NO3. The Morgan fingerprint density at radius 3 is 2.75 bits per heavy atom. The normalized spacial score (nSPS) is 15.8. The van der Waals surface area contributed by atoms with Crippen LogP contribution in [-0.2, 0) is 6.54 Å². The number of aliphatic hydroxyl groups excluding tert-OH is 1. The number of aliphatic hydroxyl groups is 1. The van der Waals surface area contributed by atoms with Gasteiger partial charge in [-0.25, -0.2) is 0 Å². The van der Waals surface area contributed by atoms with Gasteiger partial charge in [0, 0.05) is 30.3 Å². The molecule has 0 unspecified atom stereocenters. The van der Waals surface area contributed by atoms with Crippen LogP contribution in [0.15, 0.2) is 18.2 Å².